The quantitative estimate of drug-likeness (QED) is 0.805. The molecule has 1 saturated heterocycles. The van der Waals surface area contributed by atoms with Crippen molar-refractivity contribution >= 4 is 21.6 Å². The first-order chi connectivity index (χ1) is 12.0. The predicted octanol–water partition coefficient (Wildman–Crippen LogP) is 3.41. The lowest BCUT2D eigenvalue weighted by Crippen LogP contribution is -2.38. The summed E-state index contributed by atoms with van der Waals surface area (Å²) in [4.78, 5) is 0.231. The SMILES string of the molecule is O=S(=O)(NCC1CCCNC1)c1ccc(Oc2cccc(Cl)c2)cc1. The van der Waals surface area contributed by atoms with E-state index in [1.54, 1.807) is 48.5 Å². The van der Waals surface area contributed by atoms with E-state index < -0.39 is 10.0 Å². The first-order valence-corrected chi connectivity index (χ1v) is 10.1. The number of hydrogen-bond donors (Lipinski definition) is 2. The van der Waals surface area contributed by atoms with Gasteiger partial charge >= 0.3 is 0 Å². The lowest BCUT2D eigenvalue weighted by Gasteiger charge is -2.22. The van der Waals surface area contributed by atoms with Crippen LogP contribution in [0.3, 0.4) is 0 Å². The highest BCUT2D eigenvalue weighted by Crippen LogP contribution is 2.25. The maximum absolute atomic E-state index is 12.4. The summed E-state index contributed by atoms with van der Waals surface area (Å²) < 4.78 is 33.2. The zero-order chi connectivity index (χ0) is 17.7. The monoisotopic (exact) mass is 380 g/mol. The van der Waals surface area contributed by atoms with Crippen molar-refractivity contribution < 1.29 is 13.2 Å². The number of piperidine rings is 1. The van der Waals surface area contributed by atoms with Crippen LogP contribution >= 0.6 is 11.6 Å². The number of benzene rings is 2. The number of rotatable bonds is 6. The highest BCUT2D eigenvalue weighted by atomic mass is 35.5. The topological polar surface area (TPSA) is 67.4 Å². The number of nitrogens with one attached hydrogen (secondary N) is 2. The van der Waals surface area contributed by atoms with Gasteiger partial charge in [0, 0.05) is 11.6 Å². The largest absolute Gasteiger partial charge is 0.457 e. The molecule has 1 aliphatic rings. The van der Waals surface area contributed by atoms with Gasteiger partial charge in [-0.3, -0.25) is 0 Å². The summed E-state index contributed by atoms with van der Waals surface area (Å²) in [6, 6.07) is 13.4. The molecular formula is C18H21ClN2O3S. The van der Waals surface area contributed by atoms with Crippen LogP contribution in [0.5, 0.6) is 11.5 Å². The van der Waals surface area contributed by atoms with E-state index in [9.17, 15) is 8.42 Å². The molecule has 1 fully saturated rings. The Kier molecular flexibility index (Phi) is 5.96. The Bertz CT molecular complexity index is 803. The van der Waals surface area contributed by atoms with Crippen LogP contribution in [0.1, 0.15) is 12.8 Å². The van der Waals surface area contributed by atoms with Crippen LogP contribution in [0.4, 0.5) is 0 Å². The van der Waals surface area contributed by atoms with Crippen molar-refractivity contribution in [3.63, 3.8) is 0 Å². The van der Waals surface area contributed by atoms with Gasteiger partial charge in [-0.05, 0) is 74.3 Å². The highest BCUT2D eigenvalue weighted by Gasteiger charge is 2.18. The Labute approximate surface area is 153 Å². The van der Waals surface area contributed by atoms with Crippen LogP contribution in [0.15, 0.2) is 53.4 Å². The third kappa shape index (κ3) is 5.19. The van der Waals surface area contributed by atoms with Crippen LogP contribution in [-0.2, 0) is 10.0 Å². The van der Waals surface area contributed by atoms with Gasteiger partial charge in [0.05, 0.1) is 4.90 Å². The molecule has 0 aliphatic carbocycles. The van der Waals surface area contributed by atoms with Gasteiger partial charge in [-0.25, -0.2) is 13.1 Å². The second-order valence-corrected chi connectivity index (χ2v) is 8.30. The minimum Gasteiger partial charge on any atom is -0.457 e. The van der Waals surface area contributed by atoms with Crippen molar-refractivity contribution in [2.24, 2.45) is 5.92 Å². The van der Waals surface area contributed by atoms with E-state index in [1.165, 1.54) is 0 Å². The van der Waals surface area contributed by atoms with E-state index in [0.717, 1.165) is 25.9 Å². The minimum atomic E-state index is -3.51. The standard InChI is InChI=1S/C18H21ClN2O3S/c19-15-4-1-5-17(11-15)24-16-6-8-18(9-7-16)25(22,23)21-13-14-3-2-10-20-12-14/h1,4-9,11,14,20-21H,2-3,10,12-13H2. The molecule has 1 unspecified atom stereocenters. The predicted molar refractivity (Wildman–Crippen MR) is 98.8 cm³/mol. The summed E-state index contributed by atoms with van der Waals surface area (Å²) in [5, 5.41) is 3.87. The lowest BCUT2D eigenvalue weighted by molar-refractivity contribution is 0.376. The van der Waals surface area contributed by atoms with E-state index in [0.29, 0.717) is 29.0 Å². The van der Waals surface area contributed by atoms with Crippen LogP contribution in [0.2, 0.25) is 5.02 Å². The molecule has 0 saturated carbocycles. The first kappa shape index (κ1) is 18.2. The fourth-order valence-electron chi connectivity index (χ4n) is 2.76. The summed E-state index contributed by atoms with van der Waals surface area (Å²) in [5.74, 6) is 1.50. The highest BCUT2D eigenvalue weighted by molar-refractivity contribution is 7.89. The summed E-state index contributed by atoms with van der Waals surface area (Å²) in [7, 11) is -3.51. The molecule has 7 heteroatoms. The molecule has 1 aliphatic heterocycles. The maximum atomic E-state index is 12.4. The molecule has 3 rings (SSSR count). The first-order valence-electron chi connectivity index (χ1n) is 8.27. The van der Waals surface area contributed by atoms with Gasteiger partial charge in [-0.2, -0.15) is 0 Å². The molecular weight excluding hydrogens is 360 g/mol. The Morgan fingerprint density at radius 1 is 1.16 bits per heavy atom. The van der Waals surface area contributed by atoms with Crippen LogP contribution < -0.4 is 14.8 Å². The zero-order valence-corrected chi connectivity index (χ0v) is 15.3. The summed E-state index contributed by atoms with van der Waals surface area (Å²) >= 11 is 5.92. The molecule has 0 radical (unpaired) electrons. The van der Waals surface area contributed by atoms with Gasteiger partial charge in [-0.1, -0.05) is 17.7 Å². The Morgan fingerprint density at radius 2 is 1.96 bits per heavy atom. The average molecular weight is 381 g/mol. The van der Waals surface area contributed by atoms with E-state index in [2.05, 4.69) is 10.0 Å². The minimum absolute atomic E-state index is 0.231. The number of hydrogen-bond acceptors (Lipinski definition) is 4. The van der Waals surface area contributed by atoms with Crippen LogP contribution in [0.25, 0.3) is 0 Å². The molecule has 2 N–H and O–H groups in total. The Morgan fingerprint density at radius 3 is 2.64 bits per heavy atom. The number of sulfonamides is 1. The summed E-state index contributed by atoms with van der Waals surface area (Å²) in [6.45, 7) is 2.32. The van der Waals surface area contributed by atoms with Crippen molar-refractivity contribution in [3.8, 4) is 11.5 Å². The van der Waals surface area contributed by atoms with E-state index >= 15 is 0 Å². The van der Waals surface area contributed by atoms with Crippen LogP contribution in [0, 0.1) is 5.92 Å². The summed E-state index contributed by atoms with van der Waals surface area (Å²) in [6.07, 6.45) is 2.13. The molecule has 25 heavy (non-hydrogen) atoms. The molecule has 0 amide bonds. The third-order valence-electron chi connectivity index (χ3n) is 4.13. The van der Waals surface area contributed by atoms with Crippen molar-refractivity contribution in [3.05, 3.63) is 53.6 Å². The van der Waals surface area contributed by atoms with Gasteiger partial charge < -0.3 is 10.1 Å². The fourth-order valence-corrected chi connectivity index (χ4v) is 4.06. The molecule has 1 atom stereocenters. The molecule has 0 spiro atoms. The second kappa shape index (κ2) is 8.19. The Balaban J connectivity index is 1.62. The van der Waals surface area contributed by atoms with E-state index in [4.69, 9.17) is 16.3 Å². The van der Waals surface area contributed by atoms with Gasteiger partial charge in [0.1, 0.15) is 11.5 Å². The van der Waals surface area contributed by atoms with Gasteiger partial charge in [-0.15, -0.1) is 0 Å². The molecule has 134 valence electrons. The van der Waals surface area contributed by atoms with Crippen molar-refractivity contribution in [1.29, 1.82) is 0 Å². The van der Waals surface area contributed by atoms with Gasteiger partial charge in [0.2, 0.25) is 10.0 Å². The van der Waals surface area contributed by atoms with Gasteiger partial charge in [0.15, 0.2) is 0 Å². The number of ether oxygens (including phenoxy) is 1. The summed E-state index contributed by atoms with van der Waals surface area (Å²) in [5.41, 5.74) is 0. The van der Waals surface area contributed by atoms with Crippen molar-refractivity contribution in [2.45, 2.75) is 17.7 Å². The zero-order valence-electron chi connectivity index (χ0n) is 13.7. The number of halogens is 1. The molecule has 2 aromatic carbocycles. The van der Waals surface area contributed by atoms with Crippen molar-refractivity contribution in [2.75, 3.05) is 19.6 Å². The van der Waals surface area contributed by atoms with E-state index in [1.807, 2.05) is 0 Å². The maximum Gasteiger partial charge on any atom is 0.240 e. The second-order valence-electron chi connectivity index (χ2n) is 6.10. The molecule has 0 bridgehead atoms. The van der Waals surface area contributed by atoms with Gasteiger partial charge in [0.25, 0.3) is 0 Å². The smallest absolute Gasteiger partial charge is 0.240 e. The Hall–Kier alpha value is -1.60. The van der Waals surface area contributed by atoms with E-state index in [-0.39, 0.29) is 4.90 Å². The average Bonchev–Trinajstić information content (AvgIpc) is 2.62. The lowest BCUT2D eigenvalue weighted by atomic mass is 10.0. The molecule has 1 heterocycles. The fraction of sp³-hybridized carbons (Fsp3) is 0.333. The van der Waals surface area contributed by atoms with Crippen LogP contribution in [-0.4, -0.2) is 28.1 Å². The normalized spacial score (nSPS) is 18.0. The molecule has 2 aromatic rings. The van der Waals surface area contributed by atoms with Crippen molar-refractivity contribution in [1.82, 2.24) is 10.0 Å². The molecule has 0 aromatic heterocycles. The third-order valence-corrected chi connectivity index (χ3v) is 5.80. The molecule has 5 nitrogen and oxygen atoms in total.